The largest absolute Gasteiger partial charge is 0.358 e. The van der Waals surface area contributed by atoms with Gasteiger partial charge in [-0.3, -0.25) is 0 Å². The van der Waals surface area contributed by atoms with E-state index in [0.717, 1.165) is 38.4 Å². The highest BCUT2D eigenvalue weighted by Gasteiger charge is 2.22. The second kappa shape index (κ2) is 6.49. The summed E-state index contributed by atoms with van der Waals surface area (Å²) in [6, 6.07) is 13.8. The second-order valence-electron chi connectivity index (χ2n) is 6.30. The molecule has 0 radical (unpaired) electrons. The summed E-state index contributed by atoms with van der Waals surface area (Å²) in [7, 11) is 0. The molecule has 1 saturated heterocycles. The van der Waals surface area contributed by atoms with E-state index >= 15 is 0 Å². The number of benzene rings is 2. The van der Waals surface area contributed by atoms with Crippen molar-refractivity contribution < 1.29 is 9.29 Å². The van der Waals surface area contributed by atoms with Gasteiger partial charge in [-0.15, -0.1) is 0 Å². The molecule has 0 aromatic heterocycles. The number of hydrogen-bond donors (Lipinski definition) is 1. The topological polar surface area (TPSA) is 7.68 Å². The van der Waals surface area contributed by atoms with Gasteiger partial charge < -0.3 is 9.80 Å². The number of hydrogen-bond acceptors (Lipinski definition) is 1. The summed E-state index contributed by atoms with van der Waals surface area (Å²) in [4.78, 5) is 3.75. The van der Waals surface area contributed by atoms with Crippen LogP contribution in [0.15, 0.2) is 42.5 Å². The lowest BCUT2D eigenvalue weighted by Gasteiger charge is -2.34. The standard InChI is InChI=1S/C19H23FN2/c1-15-7-8-16(2)17(13-15)14-21-9-11-22(12-10-21)19-6-4-3-5-18(19)20/h3-8,13H,9-12,14H2,1-2H3/p+1. The Morgan fingerprint density at radius 3 is 2.50 bits per heavy atom. The third-order valence-electron chi connectivity index (χ3n) is 4.61. The van der Waals surface area contributed by atoms with E-state index in [9.17, 15) is 4.39 Å². The summed E-state index contributed by atoms with van der Waals surface area (Å²) in [6.45, 7) is 9.35. The second-order valence-corrected chi connectivity index (χ2v) is 6.30. The van der Waals surface area contributed by atoms with Gasteiger partial charge in [-0.05, 0) is 31.5 Å². The van der Waals surface area contributed by atoms with Crippen LogP contribution in [-0.4, -0.2) is 26.2 Å². The minimum Gasteiger partial charge on any atom is -0.358 e. The summed E-state index contributed by atoms with van der Waals surface area (Å²) < 4.78 is 13.9. The third kappa shape index (κ3) is 3.30. The van der Waals surface area contributed by atoms with E-state index in [1.807, 2.05) is 12.1 Å². The average Bonchev–Trinajstić information content (AvgIpc) is 2.52. The Bertz CT molecular complexity index is 646. The van der Waals surface area contributed by atoms with Crippen molar-refractivity contribution in [1.29, 1.82) is 0 Å². The van der Waals surface area contributed by atoms with Gasteiger partial charge in [-0.25, -0.2) is 4.39 Å². The molecule has 3 rings (SSSR count). The molecule has 1 N–H and O–H groups in total. The highest BCUT2D eigenvalue weighted by molar-refractivity contribution is 5.47. The Hall–Kier alpha value is -1.87. The maximum atomic E-state index is 13.9. The molecule has 116 valence electrons. The fraction of sp³-hybridized carbons (Fsp3) is 0.368. The van der Waals surface area contributed by atoms with E-state index in [4.69, 9.17) is 0 Å². The minimum absolute atomic E-state index is 0.111. The van der Waals surface area contributed by atoms with Crippen LogP contribution in [0.1, 0.15) is 16.7 Å². The van der Waals surface area contributed by atoms with Gasteiger partial charge in [0, 0.05) is 5.56 Å². The minimum atomic E-state index is -0.111. The SMILES string of the molecule is Cc1ccc(C)c(C[NH+]2CCN(c3ccccc3F)CC2)c1. The summed E-state index contributed by atoms with van der Waals surface area (Å²) in [5.41, 5.74) is 4.88. The summed E-state index contributed by atoms with van der Waals surface area (Å²) in [5.74, 6) is -0.111. The molecular weight excluding hydrogens is 275 g/mol. The van der Waals surface area contributed by atoms with Crippen LogP contribution in [0.3, 0.4) is 0 Å². The van der Waals surface area contributed by atoms with Gasteiger partial charge in [-0.2, -0.15) is 0 Å². The maximum Gasteiger partial charge on any atom is 0.146 e. The van der Waals surface area contributed by atoms with E-state index < -0.39 is 0 Å². The predicted octanol–water partition coefficient (Wildman–Crippen LogP) is 2.35. The molecule has 1 fully saturated rings. The Balaban J connectivity index is 1.62. The quantitative estimate of drug-likeness (QED) is 0.914. The fourth-order valence-electron chi connectivity index (χ4n) is 3.21. The lowest BCUT2D eigenvalue weighted by molar-refractivity contribution is -0.914. The van der Waals surface area contributed by atoms with E-state index in [1.54, 1.807) is 17.0 Å². The van der Waals surface area contributed by atoms with Crippen molar-refractivity contribution in [3.05, 3.63) is 65.0 Å². The van der Waals surface area contributed by atoms with Crippen LogP contribution >= 0.6 is 0 Å². The molecule has 0 amide bonds. The van der Waals surface area contributed by atoms with Crippen molar-refractivity contribution in [1.82, 2.24) is 0 Å². The van der Waals surface area contributed by atoms with Crippen LogP contribution in [0.2, 0.25) is 0 Å². The highest BCUT2D eigenvalue weighted by atomic mass is 19.1. The van der Waals surface area contributed by atoms with Crippen molar-refractivity contribution >= 4 is 5.69 Å². The number of anilines is 1. The zero-order valence-electron chi connectivity index (χ0n) is 13.4. The number of nitrogens with one attached hydrogen (secondary N) is 1. The number of para-hydroxylation sites is 1. The Morgan fingerprint density at radius 1 is 1.05 bits per heavy atom. The zero-order chi connectivity index (χ0) is 15.5. The van der Waals surface area contributed by atoms with E-state index in [0.29, 0.717) is 0 Å². The molecule has 3 heteroatoms. The van der Waals surface area contributed by atoms with E-state index in [2.05, 4.69) is 36.9 Å². The Morgan fingerprint density at radius 2 is 1.77 bits per heavy atom. The monoisotopic (exact) mass is 299 g/mol. The van der Waals surface area contributed by atoms with Gasteiger partial charge >= 0.3 is 0 Å². The normalized spacial score (nSPS) is 16.0. The van der Waals surface area contributed by atoms with Gasteiger partial charge in [0.05, 0.1) is 31.9 Å². The van der Waals surface area contributed by atoms with Crippen molar-refractivity contribution in [2.45, 2.75) is 20.4 Å². The summed E-state index contributed by atoms with van der Waals surface area (Å²) >= 11 is 0. The first-order valence-corrected chi connectivity index (χ1v) is 8.02. The van der Waals surface area contributed by atoms with Gasteiger partial charge in [0.2, 0.25) is 0 Å². The first kappa shape index (κ1) is 15.0. The Kier molecular flexibility index (Phi) is 4.44. The molecule has 0 bridgehead atoms. The summed E-state index contributed by atoms with van der Waals surface area (Å²) in [5, 5.41) is 0. The van der Waals surface area contributed by atoms with Crippen LogP contribution in [0.25, 0.3) is 0 Å². The average molecular weight is 299 g/mol. The smallest absolute Gasteiger partial charge is 0.146 e. The Labute approximate surface area is 132 Å². The highest BCUT2D eigenvalue weighted by Crippen LogP contribution is 2.18. The van der Waals surface area contributed by atoms with Crippen LogP contribution < -0.4 is 9.80 Å². The molecule has 0 spiro atoms. The molecule has 1 aliphatic heterocycles. The lowest BCUT2D eigenvalue weighted by atomic mass is 10.0. The van der Waals surface area contributed by atoms with Crippen LogP contribution in [0, 0.1) is 19.7 Å². The lowest BCUT2D eigenvalue weighted by Crippen LogP contribution is -3.13. The molecule has 2 aromatic carbocycles. The number of piperazine rings is 1. The zero-order valence-corrected chi connectivity index (χ0v) is 13.4. The van der Waals surface area contributed by atoms with Gasteiger partial charge in [0.1, 0.15) is 12.4 Å². The maximum absolute atomic E-state index is 13.9. The van der Waals surface area contributed by atoms with E-state index in [1.165, 1.54) is 16.7 Å². The molecule has 1 heterocycles. The van der Waals surface area contributed by atoms with Crippen molar-refractivity contribution in [3.63, 3.8) is 0 Å². The van der Waals surface area contributed by atoms with Crippen LogP contribution in [0.4, 0.5) is 10.1 Å². The van der Waals surface area contributed by atoms with E-state index in [-0.39, 0.29) is 5.82 Å². The number of nitrogens with zero attached hydrogens (tertiary/aromatic N) is 1. The number of rotatable bonds is 3. The molecule has 2 aromatic rings. The number of halogens is 1. The first-order valence-electron chi connectivity index (χ1n) is 8.02. The molecule has 22 heavy (non-hydrogen) atoms. The predicted molar refractivity (Wildman–Crippen MR) is 88.9 cm³/mol. The van der Waals surface area contributed by atoms with Crippen molar-refractivity contribution in [3.8, 4) is 0 Å². The third-order valence-corrected chi connectivity index (χ3v) is 4.61. The molecule has 0 atom stereocenters. The molecular formula is C19H24FN2+. The van der Waals surface area contributed by atoms with Gasteiger partial charge in [0.15, 0.2) is 0 Å². The first-order chi connectivity index (χ1) is 10.6. The number of aryl methyl sites for hydroxylation is 2. The van der Waals surface area contributed by atoms with Crippen molar-refractivity contribution in [2.24, 2.45) is 0 Å². The molecule has 0 saturated carbocycles. The fourth-order valence-corrected chi connectivity index (χ4v) is 3.21. The molecule has 0 unspecified atom stereocenters. The van der Waals surface area contributed by atoms with Crippen LogP contribution in [-0.2, 0) is 6.54 Å². The molecule has 1 aliphatic rings. The molecule has 0 aliphatic carbocycles. The van der Waals surface area contributed by atoms with Gasteiger partial charge in [0.25, 0.3) is 0 Å². The van der Waals surface area contributed by atoms with Gasteiger partial charge in [-0.1, -0.05) is 35.9 Å². The molecule has 2 nitrogen and oxygen atoms in total. The van der Waals surface area contributed by atoms with Crippen molar-refractivity contribution in [2.75, 3.05) is 31.1 Å². The summed E-state index contributed by atoms with van der Waals surface area (Å²) in [6.07, 6.45) is 0. The number of quaternary nitrogens is 1. The van der Waals surface area contributed by atoms with Crippen LogP contribution in [0.5, 0.6) is 0 Å².